The maximum absolute atomic E-state index is 6.06. The molecule has 1 aromatic heterocycles. The summed E-state index contributed by atoms with van der Waals surface area (Å²) in [6, 6.07) is 4.51. The lowest BCUT2D eigenvalue weighted by Crippen LogP contribution is -2.18. The number of anilines is 1. The van der Waals surface area contributed by atoms with E-state index in [-0.39, 0.29) is 0 Å². The monoisotopic (exact) mass is 385 g/mol. The summed E-state index contributed by atoms with van der Waals surface area (Å²) in [4.78, 5) is 5.00. The molecule has 0 amide bonds. The van der Waals surface area contributed by atoms with E-state index in [1.165, 1.54) is 29.8 Å². The number of methoxy groups -OCH3 is 1. The van der Waals surface area contributed by atoms with E-state index in [1.807, 2.05) is 6.07 Å². The lowest BCUT2D eigenvalue weighted by Gasteiger charge is -2.24. The molecule has 0 fully saturated rings. The smallest absolute Gasteiger partial charge is 0.163 e. The molecule has 5 nitrogen and oxygen atoms in total. The minimum atomic E-state index is 0.370. The molecule has 1 aliphatic carbocycles. The van der Waals surface area contributed by atoms with Crippen molar-refractivity contribution in [1.82, 2.24) is 10.3 Å². The molecule has 2 aromatic rings. The summed E-state index contributed by atoms with van der Waals surface area (Å²) in [5.41, 5.74) is 4.83. The Bertz CT molecular complexity index is 789. The Kier molecular flexibility index (Phi) is 7.37. The van der Waals surface area contributed by atoms with Crippen LogP contribution in [0.1, 0.15) is 57.7 Å². The largest absolute Gasteiger partial charge is 0.493 e. The van der Waals surface area contributed by atoms with Crippen molar-refractivity contribution in [1.29, 1.82) is 0 Å². The van der Waals surface area contributed by atoms with Crippen LogP contribution in [0.15, 0.2) is 12.1 Å². The van der Waals surface area contributed by atoms with Crippen LogP contribution in [-0.4, -0.2) is 37.8 Å². The predicted octanol–water partition coefficient (Wildman–Crippen LogP) is 4.71. The fourth-order valence-corrected chi connectivity index (χ4v) is 3.84. The summed E-state index contributed by atoms with van der Waals surface area (Å²) in [7, 11) is 1.71. The molecular weight excluding hydrogens is 350 g/mol. The summed E-state index contributed by atoms with van der Waals surface area (Å²) < 4.78 is 11.7. The van der Waals surface area contributed by atoms with E-state index in [1.54, 1.807) is 7.11 Å². The maximum Gasteiger partial charge on any atom is 0.163 e. The average molecular weight is 386 g/mol. The van der Waals surface area contributed by atoms with E-state index in [0.717, 1.165) is 61.2 Å². The molecule has 0 radical (unpaired) electrons. The van der Waals surface area contributed by atoms with Crippen LogP contribution >= 0.6 is 0 Å². The Morgan fingerprint density at radius 3 is 2.68 bits per heavy atom. The van der Waals surface area contributed by atoms with Gasteiger partial charge in [0.2, 0.25) is 0 Å². The second-order valence-corrected chi connectivity index (χ2v) is 7.89. The van der Waals surface area contributed by atoms with Crippen LogP contribution in [-0.2, 0) is 12.8 Å². The van der Waals surface area contributed by atoms with Gasteiger partial charge in [-0.25, -0.2) is 0 Å². The average Bonchev–Trinajstić information content (AvgIpc) is 2.69. The van der Waals surface area contributed by atoms with Crippen molar-refractivity contribution in [3.05, 3.63) is 23.4 Å². The van der Waals surface area contributed by atoms with Gasteiger partial charge < -0.3 is 20.1 Å². The van der Waals surface area contributed by atoms with Gasteiger partial charge in [-0.1, -0.05) is 6.92 Å². The molecule has 0 atom stereocenters. The molecular formula is C23H35N3O2. The molecule has 28 heavy (non-hydrogen) atoms. The Morgan fingerprint density at radius 1 is 1.11 bits per heavy atom. The van der Waals surface area contributed by atoms with Crippen LogP contribution in [0.3, 0.4) is 0 Å². The van der Waals surface area contributed by atoms with Crippen molar-refractivity contribution in [2.45, 2.75) is 65.3 Å². The van der Waals surface area contributed by atoms with Gasteiger partial charge in [-0.15, -0.1) is 0 Å². The van der Waals surface area contributed by atoms with E-state index >= 15 is 0 Å². The summed E-state index contributed by atoms with van der Waals surface area (Å²) >= 11 is 0. The van der Waals surface area contributed by atoms with Gasteiger partial charge in [-0.05, 0) is 77.1 Å². The second kappa shape index (κ2) is 9.97. The first kappa shape index (κ1) is 20.7. The zero-order valence-corrected chi connectivity index (χ0v) is 17.9. The van der Waals surface area contributed by atoms with Crippen LogP contribution in [0, 0.1) is 0 Å². The molecule has 5 heteroatoms. The first-order valence-corrected chi connectivity index (χ1v) is 10.8. The number of pyridine rings is 1. The maximum atomic E-state index is 6.06. The highest BCUT2D eigenvalue weighted by Gasteiger charge is 2.20. The lowest BCUT2D eigenvalue weighted by molar-refractivity contribution is 0.288. The third-order valence-corrected chi connectivity index (χ3v) is 5.16. The third-order valence-electron chi connectivity index (χ3n) is 5.16. The number of rotatable bonds is 10. The highest BCUT2D eigenvalue weighted by Crippen LogP contribution is 2.39. The van der Waals surface area contributed by atoms with Gasteiger partial charge in [0.25, 0.3) is 0 Å². The van der Waals surface area contributed by atoms with Crippen LogP contribution in [0.2, 0.25) is 0 Å². The number of nitrogens with one attached hydrogen (secondary N) is 2. The van der Waals surface area contributed by atoms with Crippen LogP contribution in [0.4, 0.5) is 5.69 Å². The summed E-state index contributed by atoms with van der Waals surface area (Å²) in [6.45, 7) is 9.24. The summed E-state index contributed by atoms with van der Waals surface area (Å²) in [6.07, 6.45) is 6.73. The fourth-order valence-electron chi connectivity index (χ4n) is 3.84. The van der Waals surface area contributed by atoms with Crippen molar-refractivity contribution in [2.75, 3.05) is 32.1 Å². The van der Waals surface area contributed by atoms with Crippen molar-refractivity contribution < 1.29 is 9.47 Å². The minimum Gasteiger partial charge on any atom is -0.493 e. The lowest BCUT2D eigenvalue weighted by atomic mass is 9.92. The van der Waals surface area contributed by atoms with Crippen molar-refractivity contribution in [2.24, 2.45) is 0 Å². The normalized spacial score (nSPS) is 13.6. The number of fused-ring (bicyclic) bond motifs is 2. The number of benzene rings is 1. The molecule has 3 rings (SSSR count). The molecule has 0 unspecified atom stereocenters. The van der Waals surface area contributed by atoms with E-state index in [9.17, 15) is 0 Å². The number of ether oxygens (including phenoxy) is 2. The highest BCUT2D eigenvalue weighted by atomic mass is 16.5. The number of nitrogens with zero attached hydrogens (tertiary/aromatic N) is 1. The zero-order valence-electron chi connectivity index (χ0n) is 17.9. The Balaban J connectivity index is 1.90. The quantitative estimate of drug-likeness (QED) is 0.580. The first-order chi connectivity index (χ1) is 13.6. The van der Waals surface area contributed by atoms with E-state index in [0.29, 0.717) is 12.6 Å². The van der Waals surface area contributed by atoms with Crippen molar-refractivity contribution >= 4 is 16.6 Å². The van der Waals surface area contributed by atoms with Crippen LogP contribution < -0.4 is 20.1 Å². The van der Waals surface area contributed by atoms with Crippen molar-refractivity contribution in [3.63, 3.8) is 0 Å². The van der Waals surface area contributed by atoms with E-state index in [2.05, 4.69) is 37.5 Å². The fraction of sp³-hybridized carbons (Fsp3) is 0.609. The topological polar surface area (TPSA) is 55.4 Å². The molecule has 1 heterocycles. The van der Waals surface area contributed by atoms with Crippen molar-refractivity contribution in [3.8, 4) is 11.5 Å². The van der Waals surface area contributed by atoms with Crippen LogP contribution in [0.5, 0.6) is 11.5 Å². The van der Waals surface area contributed by atoms with E-state index in [4.69, 9.17) is 14.5 Å². The number of hydrogen-bond acceptors (Lipinski definition) is 5. The molecule has 154 valence electrons. The van der Waals surface area contributed by atoms with Gasteiger partial charge >= 0.3 is 0 Å². The van der Waals surface area contributed by atoms with Gasteiger partial charge in [0, 0.05) is 28.9 Å². The number of aryl methyl sites for hydroxylation is 1. The molecule has 1 aliphatic rings. The highest BCUT2D eigenvalue weighted by molar-refractivity contribution is 5.96. The predicted molar refractivity (Wildman–Crippen MR) is 117 cm³/mol. The van der Waals surface area contributed by atoms with Gasteiger partial charge in [-0.2, -0.15) is 0 Å². The Labute approximate surface area is 169 Å². The molecule has 0 bridgehead atoms. The number of hydrogen-bond donors (Lipinski definition) is 2. The molecule has 0 spiro atoms. The minimum absolute atomic E-state index is 0.370. The molecule has 0 aliphatic heterocycles. The summed E-state index contributed by atoms with van der Waals surface area (Å²) in [5, 5.41) is 8.21. The third kappa shape index (κ3) is 4.88. The Hall–Kier alpha value is -2.01. The SMILES string of the molecule is CCCNCCCOc1cc2nc3c(c(NC(C)C)c2cc1OC)CCCC3. The standard InChI is InChI=1S/C23H35N3O2/c1-5-11-24-12-8-13-28-22-15-20-18(14-21(22)27-4)23(25-16(2)3)17-9-6-7-10-19(17)26-20/h14-16,24H,5-13H2,1-4H3,(H,25,26). The summed E-state index contributed by atoms with van der Waals surface area (Å²) in [5.74, 6) is 1.56. The molecule has 1 aromatic carbocycles. The first-order valence-electron chi connectivity index (χ1n) is 10.8. The molecule has 0 saturated carbocycles. The van der Waals surface area contributed by atoms with Crippen LogP contribution in [0.25, 0.3) is 10.9 Å². The molecule has 0 saturated heterocycles. The Morgan fingerprint density at radius 2 is 1.93 bits per heavy atom. The van der Waals surface area contributed by atoms with E-state index < -0.39 is 0 Å². The van der Waals surface area contributed by atoms with Gasteiger partial charge in [0.1, 0.15) is 0 Å². The molecule has 2 N–H and O–H groups in total. The van der Waals surface area contributed by atoms with Gasteiger partial charge in [0.05, 0.1) is 19.2 Å². The second-order valence-electron chi connectivity index (χ2n) is 7.89. The number of aromatic nitrogens is 1. The zero-order chi connectivity index (χ0) is 19.9. The van der Waals surface area contributed by atoms with Gasteiger partial charge in [-0.3, -0.25) is 4.98 Å². The van der Waals surface area contributed by atoms with Gasteiger partial charge in [0.15, 0.2) is 11.5 Å².